The van der Waals surface area contributed by atoms with Gasteiger partial charge in [-0.25, -0.2) is 0 Å². The Kier molecular flexibility index (Phi) is 4.18. The van der Waals surface area contributed by atoms with Crippen molar-refractivity contribution in [3.63, 3.8) is 0 Å². The molecule has 0 aromatic rings. The lowest BCUT2D eigenvalue weighted by molar-refractivity contribution is 0.229. The fraction of sp³-hybridized carbons (Fsp3) is 0.818. The highest BCUT2D eigenvalue weighted by Gasteiger charge is 2.25. The summed E-state index contributed by atoms with van der Waals surface area (Å²) in [6.07, 6.45) is 6.55. The van der Waals surface area contributed by atoms with Crippen molar-refractivity contribution >= 4 is 0 Å². The molecule has 1 fully saturated rings. The number of rotatable bonds is 4. The minimum atomic E-state index is 0.722. The van der Waals surface area contributed by atoms with Crippen LogP contribution in [0, 0.1) is 17.8 Å². The molecule has 1 saturated carbocycles. The maximum Gasteiger partial charge on any atom is 0.0103 e. The van der Waals surface area contributed by atoms with Crippen LogP contribution >= 0.6 is 0 Å². The van der Waals surface area contributed by atoms with Gasteiger partial charge in [-0.1, -0.05) is 6.42 Å². The van der Waals surface area contributed by atoms with Crippen molar-refractivity contribution in [3.8, 4) is 11.8 Å². The predicted octanol–water partition coefficient (Wildman–Crippen LogP) is 2.18. The van der Waals surface area contributed by atoms with Crippen molar-refractivity contribution in [3.05, 3.63) is 0 Å². The average molecular weight is 165 g/mol. The standard InChI is InChI=1S/C11H19N/c1-3-4-5-9-11(12-2)10-7-6-8-10/h10-12H,5-9H2,1-2H3. The summed E-state index contributed by atoms with van der Waals surface area (Å²) in [6, 6.07) is 0.722. The van der Waals surface area contributed by atoms with E-state index in [4.69, 9.17) is 0 Å². The first-order valence-corrected chi connectivity index (χ1v) is 4.95. The Balaban J connectivity index is 2.18. The quantitative estimate of drug-likeness (QED) is 0.630. The molecule has 12 heavy (non-hydrogen) atoms. The van der Waals surface area contributed by atoms with Crippen molar-refractivity contribution in [1.82, 2.24) is 5.32 Å². The third kappa shape index (κ3) is 2.53. The topological polar surface area (TPSA) is 12.0 Å². The number of hydrogen-bond donors (Lipinski definition) is 1. The zero-order valence-electron chi connectivity index (χ0n) is 8.19. The molecular formula is C11H19N. The predicted molar refractivity (Wildman–Crippen MR) is 52.9 cm³/mol. The first-order chi connectivity index (χ1) is 5.88. The zero-order valence-corrected chi connectivity index (χ0v) is 8.19. The van der Waals surface area contributed by atoms with E-state index in [0.717, 1.165) is 18.4 Å². The minimum absolute atomic E-state index is 0.722. The van der Waals surface area contributed by atoms with Crippen LogP contribution in [-0.4, -0.2) is 13.1 Å². The largest absolute Gasteiger partial charge is 0.317 e. The van der Waals surface area contributed by atoms with Crippen molar-refractivity contribution in [1.29, 1.82) is 0 Å². The Morgan fingerprint density at radius 1 is 1.50 bits per heavy atom. The maximum atomic E-state index is 3.40. The Morgan fingerprint density at radius 3 is 2.67 bits per heavy atom. The molecule has 68 valence electrons. The van der Waals surface area contributed by atoms with E-state index >= 15 is 0 Å². The zero-order chi connectivity index (χ0) is 8.81. The third-order valence-electron chi connectivity index (χ3n) is 2.85. The van der Waals surface area contributed by atoms with Gasteiger partial charge in [0.25, 0.3) is 0 Å². The highest BCUT2D eigenvalue weighted by Crippen LogP contribution is 2.31. The van der Waals surface area contributed by atoms with Crippen molar-refractivity contribution in [2.24, 2.45) is 5.92 Å². The van der Waals surface area contributed by atoms with E-state index in [0.29, 0.717) is 0 Å². The van der Waals surface area contributed by atoms with Gasteiger partial charge in [-0.15, -0.1) is 11.8 Å². The first kappa shape index (κ1) is 9.61. The van der Waals surface area contributed by atoms with Crippen LogP contribution in [0.4, 0.5) is 0 Å². The second-order valence-corrected chi connectivity index (χ2v) is 3.55. The Hall–Kier alpha value is -0.480. The van der Waals surface area contributed by atoms with Crippen LogP contribution < -0.4 is 5.32 Å². The van der Waals surface area contributed by atoms with E-state index in [2.05, 4.69) is 24.2 Å². The summed E-state index contributed by atoms with van der Waals surface area (Å²) < 4.78 is 0. The molecule has 0 saturated heterocycles. The second-order valence-electron chi connectivity index (χ2n) is 3.55. The third-order valence-corrected chi connectivity index (χ3v) is 2.85. The second kappa shape index (κ2) is 5.22. The highest BCUT2D eigenvalue weighted by atomic mass is 14.9. The van der Waals surface area contributed by atoms with Crippen molar-refractivity contribution < 1.29 is 0 Å². The van der Waals surface area contributed by atoms with Crippen LogP contribution in [0.25, 0.3) is 0 Å². The monoisotopic (exact) mass is 165 g/mol. The molecule has 0 radical (unpaired) electrons. The SMILES string of the molecule is CC#CCCC(NC)C1CCC1. The van der Waals surface area contributed by atoms with Gasteiger partial charge in [-0.05, 0) is 39.2 Å². The van der Waals surface area contributed by atoms with Gasteiger partial charge in [0.2, 0.25) is 0 Å². The molecule has 1 rings (SSSR count). The van der Waals surface area contributed by atoms with Gasteiger partial charge >= 0.3 is 0 Å². The molecular weight excluding hydrogens is 146 g/mol. The van der Waals surface area contributed by atoms with E-state index in [1.165, 1.54) is 25.7 Å². The highest BCUT2D eigenvalue weighted by molar-refractivity contribution is 4.96. The normalized spacial score (nSPS) is 19.2. The first-order valence-electron chi connectivity index (χ1n) is 4.95. The van der Waals surface area contributed by atoms with E-state index in [9.17, 15) is 0 Å². The van der Waals surface area contributed by atoms with Crippen molar-refractivity contribution in [2.75, 3.05) is 7.05 Å². The average Bonchev–Trinajstić information content (AvgIpc) is 1.99. The van der Waals surface area contributed by atoms with Gasteiger partial charge in [-0.3, -0.25) is 0 Å². The summed E-state index contributed by atoms with van der Waals surface area (Å²) in [5.41, 5.74) is 0. The fourth-order valence-corrected chi connectivity index (χ4v) is 1.81. The van der Waals surface area contributed by atoms with Crippen LogP contribution in [0.1, 0.15) is 39.0 Å². The molecule has 0 spiro atoms. The van der Waals surface area contributed by atoms with Gasteiger partial charge in [0.15, 0.2) is 0 Å². The maximum absolute atomic E-state index is 3.40. The molecule has 1 heteroatoms. The van der Waals surface area contributed by atoms with Crippen LogP contribution in [0.5, 0.6) is 0 Å². The van der Waals surface area contributed by atoms with Gasteiger partial charge in [0, 0.05) is 12.5 Å². The van der Waals surface area contributed by atoms with Crippen LogP contribution in [0.2, 0.25) is 0 Å². The molecule has 0 heterocycles. The summed E-state index contributed by atoms with van der Waals surface area (Å²) in [5, 5.41) is 3.40. The fourth-order valence-electron chi connectivity index (χ4n) is 1.81. The molecule has 0 bridgehead atoms. The summed E-state index contributed by atoms with van der Waals surface area (Å²) in [5.74, 6) is 7.01. The lowest BCUT2D eigenvalue weighted by Crippen LogP contribution is -2.37. The molecule has 0 aromatic heterocycles. The molecule has 1 unspecified atom stereocenters. The van der Waals surface area contributed by atoms with Gasteiger partial charge in [-0.2, -0.15) is 0 Å². The summed E-state index contributed by atoms with van der Waals surface area (Å²) in [4.78, 5) is 0. The molecule has 0 aliphatic heterocycles. The molecule has 1 N–H and O–H groups in total. The summed E-state index contributed by atoms with van der Waals surface area (Å²) in [7, 11) is 2.07. The lowest BCUT2D eigenvalue weighted by Gasteiger charge is -2.33. The molecule has 1 atom stereocenters. The van der Waals surface area contributed by atoms with Crippen LogP contribution in [-0.2, 0) is 0 Å². The Bertz CT molecular complexity index is 171. The Labute approximate surface area is 75.9 Å². The molecule has 0 aromatic carbocycles. The molecule has 0 amide bonds. The van der Waals surface area contributed by atoms with E-state index in [-0.39, 0.29) is 0 Å². The minimum Gasteiger partial charge on any atom is -0.317 e. The van der Waals surface area contributed by atoms with Crippen molar-refractivity contribution in [2.45, 2.75) is 45.1 Å². The van der Waals surface area contributed by atoms with E-state index in [1.807, 2.05) is 6.92 Å². The van der Waals surface area contributed by atoms with Crippen LogP contribution in [0.3, 0.4) is 0 Å². The van der Waals surface area contributed by atoms with E-state index < -0.39 is 0 Å². The summed E-state index contributed by atoms with van der Waals surface area (Å²) in [6.45, 7) is 1.91. The molecule has 1 nitrogen and oxygen atoms in total. The lowest BCUT2D eigenvalue weighted by atomic mass is 9.78. The molecule has 1 aliphatic carbocycles. The summed E-state index contributed by atoms with van der Waals surface area (Å²) >= 11 is 0. The van der Waals surface area contributed by atoms with Crippen LogP contribution in [0.15, 0.2) is 0 Å². The van der Waals surface area contributed by atoms with Gasteiger partial charge in [0.1, 0.15) is 0 Å². The molecule has 1 aliphatic rings. The van der Waals surface area contributed by atoms with Gasteiger partial charge in [0.05, 0.1) is 0 Å². The number of hydrogen-bond acceptors (Lipinski definition) is 1. The van der Waals surface area contributed by atoms with Gasteiger partial charge < -0.3 is 5.32 Å². The Morgan fingerprint density at radius 2 is 2.25 bits per heavy atom. The smallest absolute Gasteiger partial charge is 0.0103 e. The number of nitrogens with one attached hydrogen (secondary N) is 1. The van der Waals surface area contributed by atoms with E-state index in [1.54, 1.807) is 0 Å².